The molecule has 1 aliphatic heterocycles. The zero-order valence-electron chi connectivity index (χ0n) is 11.5. The minimum Gasteiger partial charge on any atom is -0.469 e. The fraction of sp³-hybridized carbons (Fsp3) is 0.769. The van der Waals surface area contributed by atoms with Crippen molar-refractivity contribution in [2.24, 2.45) is 11.3 Å². The molecular weight excluding hydrogens is 252 g/mol. The van der Waals surface area contributed by atoms with E-state index in [9.17, 15) is 14.4 Å². The average molecular weight is 270 g/mol. The topological polar surface area (TPSA) is 78.9 Å². The summed E-state index contributed by atoms with van der Waals surface area (Å²) in [4.78, 5) is 35.4. The number of ether oxygens (including phenoxy) is 3. The summed E-state index contributed by atoms with van der Waals surface area (Å²) in [5.41, 5.74) is -2.05. The van der Waals surface area contributed by atoms with Gasteiger partial charge in [0.05, 0.1) is 7.11 Å². The summed E-state index contributed by atoms with van der Waals surface area (Å²) in [7, 11) is 1.27. The molecular formula is C13H18O6. The summed E-state index contributed by atoms with van der Waals surface area (Å²) in [6.45, 7) is 4.61. The van der Waals surface area contributed by atoms with E-state index >= 15 is 0 Å². The molecule has 1 unspecified atom stereocenters. The molecule has 0 spiro atoms. The fourth-order valence-electron chi connectivity index (χ4n) is 3.36. The molecule has 0 amide bonds. The van der Waals surface area contributed by atoms with E-state index in [-0.39, 0.29) is 0 Å². The van der Waals surface area contributed by atoms with Crippen LogP contribution in [0.25, 0.3) is 0 Å². The summed E-state index contributed by atoms with van der Waals surface area (Å²) in [5, 5.41) is 0. The van der Waals surface area contributed by atoms with Gasteiger partial charge >= 0.3 is 17.9 Å². The van der Waals surface area contributed by atoms with Gasteiger partial charge < -0.3 is 14.2 Å². The Hall–Kier alpha value is -1.59. The van der Waals surface area contributed by atoms with Crippen molar-refractivity contribution < 1.29 is 28.6 Å². The molecule has 0 aromatic rings. The molecule has 6 heteroatoms. The van der Waals surface area contributed by atoms with Crippen LogP contribution in [0, 0.1) is 11.3 Å². The second kappa shape index (κ2) is 4.21. The van der Waals surface area contributed by atoms with Crippen LogP contribution in [-0.4, -0.2) is 36.7 Å². The maximum atomic E-state index is 12.2. The highest BCUT2D eigenvalue weighted by Crippen LogP contribution is 2.56. The Morgan fingerprint density at radius 3 is 2.53 bits per heavy atom. The number of hydrogen-bond donors (Lipinski definition) is 0. The predicted molar refractivity (Wildman–Crippen MR) is 62.9 cm³/mol. The highest BCUT2D eigenvalue weighted by Gasteiger charge is 2.70. The second-order valence-electron chi connectivity index (χ2n) is 5.58. The fourth-order valence-corrected chi connectivity index (χ4v) is 3.36. The third-order valence-electron chi connectivity index (χ3n) is 4.29. The van der Waals surface area contributed by atoms with Crippen LogP contribution in [0.4, 0.5) is 0 Å². The van der Waals surface area contributed by atoms with Crippen molar-refractivity contribution in [2.45, 2.75) is 45.3 Å². The minimum absolute atomic E-state index is 0.464. The molecule has 1 heterocycles. The van der Waals surface area contributed by atoms with Gasteiger partial charge in [-0.3, -0.25) is 14.4 Å². The van der Waals surface area contributed by atoms with Gasteiger partial charge in [-0.05, 0) is 26.7 Å². The Morgan fingerprint density at radius 1 is 1.37 bits per heavy atom. The number of methoxy groups -OCH3 is 1. The van der Waals surface area contributed by atoms with Gasteiger partial charge in [0.2, 0.25) is 0 Å². The smallest absolute Gasteiger partial charge is 0.317 e. The number of fused-ring (bicyclic) bond motifs is 2. The van der Waals surface area contributed by atoms with Crippen LogP contribution in [0.1, 0.15) is 33.6 Å². The normalized spacial score (nSPS) is 40.5. The Kier molecular flexibility index (Phi) is 3.07. The predicted octanol–water partition coefficient (Wildman–Crippen LogP) is 0.823. The molecule has 106 valence electrons. The van der Waals surface area contributed by atoms with Crippen LogP contribution in [0.5, 0.6) is 0 Å². The van der Waals surface area contributed by atoms with Crippen LogP contribution >= 0.6 is 0 Å². The Bertz CT molecular complexity index is 444. The molecule has 1 saturated heterocycles. The van der Waals surface area contributed by atoms with E-state index in [1.807, 2.05) is 0 Å². The van der Waals surface area contributed by atoms with E-state index < -0.39 is 40.9 Å². The van der Waals surface area contributed by atoms with Crippen LogP contribution < -0.4 is 0 Å². The minimum atomic E-state index is -1.17. The van der Waals surface area contributed by atoms with Crippen molar-refractivity contribution in [2.75, 3.05) is 7.11 Å². The maximum absolute atomic E-state index is 12.2. The third kappa shape index (κ3) is 1.81. The largest absolute Gasteiger partial charge is 0.469 e. The molecule has 2 rings (SSSR count). The second-order valence-corrected chi connectivity index (χ2v) is 5.58. The quantitative estimate of drug-likeness (QED) is 0.546. The van der Waals surface area contributed by atoms with Crippen molar-refractivity contribution in [3.8, 4) is 0 Å². The Morgan fingerprint density at radius 2 is 2.00 bits per heavy atom. The molecule has 2 bridgehead atoms. The highest BCUT2D eigenvalue weighted by molar-refractivity contribution is 5.91. The zero-order valence-corrected chi connectivity index (χ0v) is 11.5. The van der Waals surface area contributed by atoms with Gasteiger partial charge in [0, 0.05) is 6.92 Å². The lowest BCUT2D eigenvalue weighted by Gasteiger charge is -2.41. The number of carbonyl (C=O) groups excluding carboxylic acids is 3. The van der Waals surface area contributed by atoms with Gasteiger partial charge in [-0.25, -0.2) is 0 Å². The van der Waals surface area contributed by atoms with Gasteiger partial charge in [-0.1, -0.05) is 0 Å². The molecule has 1 aliphatic carbocycles. The lowest BCUT2D eigenvalue weighted by molar-refractivity contribution is -0.173. The van der Waals surface area contributed by atoms with E-state index in [0.717, 1.165) is 0 Å². The number of esters is 3. The molecule has 0 N–H and O–H groups in total. The monoisotopic (exact) mass is 270 g/mol. The van der Waals surface area contributed by atoms with Crippen molar-refractivity contribution in [1.29, 1.82) is 0 Å². The van der Waals surface area contributed by atoms with E-state index in [4.69, 9.17) is 14.2 Å². The standard InChI is InChI=1S/C13H18O6/c1-7(14)18-8-5-6-12(2)9(10(15)17-4)13(8,3)11(16)19-12/h8-9H,5-6H2,1-4H3/t8-,9?,12+,13-/m0/s1. The molecule has 0 radical (unpaired) electrons. The molecule has 0 aromatic carbocycles. The first-order valence-electron chi connectivity index (χ1n) is 6.24. The number of carbonyl (C=O) groups is 3. The summed E-state index contributed by atoms with van der Waals surface area (Å²) in [5.74, 6) is -2.24. The Balaban J connectivity index is 2.44. The number of rotatable bonds is 2. The van der Waals surface area contributed by atoms with Crippen LogP contribution in [0.3, 0.4) is 0 Å². The number of hydrogen-bond acceptors (Lipinski definition) is 6. The van der Waals surface area contributed by atoms with E-state index in [0.29, 0.717) is 12.8 Å². The lowest BCUT2D eigenvalue weighted by Crippen LogP contribution is -2.54. The lowest BCUT2D eigenvalue weighted by atomic mass is 9.61. The maximum Gasteiger partial charge on any atom is 0.317 e. The third-order valence-corrected chi connectivity index (χ3v) is 4.29. The zero-order chi connectivity index (χ0) is 14.4. The summed E-state index contributed by atoms with van der Waals surface area (Å²) >= 11 is 0. The van der Waals surface area contributed by atoms with Crippen LogP contribution in [0.2, 0.25) is 0 Å². The summed E-state index contributed by atoms with van der Waals surface area (Å²) in [6.07, 6.45) is 0.301. The van der Waals surface area contributed by atoms with Crippen molar-refractivity contribution >= 4 is 17.9 Å². The van der Waals surface area contributed by atoms with Crippen LogP contribution in [-0.2, 0) is 28.6 Å². The van der Waals surface area contributed by atoms with Gasteiger partial charge in [0.1, 0.15) is 23.0 Å². The molecule has 6 nitrogen and oxygen atoms in total. The molecule has 19 heavy (non-hydrogen) atoms. The van der Waals surface area contributed by atoms with E-state index in [1.165, 1.54) is 14.0 Å². The van der Waals surface area contributed by atoms with Crippen molar-refractivity contribution in [3.05, 3.63) is 0 Å². The van der Waals surface area contributed by atoms with Crippen molar-refractivity contribution in [3.63, 3.8) is 0 Å². The first-order valence-corrected chi connectivity index (χ1v) is 6.24. The van der Waals surface area contributed by atoms with Gasteiger partial charge in [0.25, 0.3) is 0 Å². The van der Waals surface area contributed by atoms with Crippen molar-refractivity contribution in [1.82, 2.24) is 0 Å². The molecule has 2 fully saturated rings. The first-order chi connectivity index (χ1) is 8.75. The van der Waals surface area contributed by atoms with Crippen LogP contribution in [0.15, 0.2) is 0 Å². The highest BCUT2D eigenvalue weighted by atomic mass is 16.6. The first kappa shape index (κ1) is 13.8. The van der Waals surface area contributed by atoms with E-state index in [2.05, 4.69) is 0 Å². The summed E-state index contributed by atoms with van der Waals surface area (Å²) < 4.78 is 15.4. The van der Waals surface area contributed by atoms with Gasteiger partial charge in [-0.2, -0.15) is 0 Å². The average Bonchev–Trinajstić information content (AvgIpc) is 2.46. The SMILES string of the molecule is COC(=O)C1[C@@]2(C)CC[C@H](OC(C)=O)[C@]1(C)C(=O)O2. The Labute approximate surface area is 111 Å². The van der Waals surface area contributed by atoms with E-state index in [1.54, 1.807) is 13.8 Å². The molecule has 4 atom stereocenters. The molecule has 1 saturated carbocycles. The summed E-state index contributed by atoms with van der Waals surface area (Å²) in [6, 6.07) is 0. The van der Waals surface area contributed by atoms with Gasteiger partial charge in [0.15, 0.2) is 0 Å². The van der Waals surface area contributed by atoms with Gasteiger partial charge in [-0.15, -0.1) is 0 Å². The molecule has 2 aliphatic rings. The molecule has 0 aromatic heterocycles.